The summed E-state index contributed by atoms with van der Waals surface area (Å²) < 4.78 is 1.74. The van der Waals surface area contributed by atoms with Crippen LogP contribution in [-0.4, -0.2) is 22.4 Å². The molecule has 3 rings (SSSR count). The predicted octanol–water partition coefficient (Wildman–Crippen LogP) is 3.00. The summed E-state index contributed by atoms with van der Waals surface area (Å²) in [6, 6.07) is 7.01. The van der Waals surface area contributed by atoms with Crippen LogP contribution in [0.15, 0.2) is 42.1 Å². The Hall–Kier alpha value is -2.57. The van der Waals surface area contributed by atoms with Gasteiger partial charge in [-0.05, 0) is 36.4 Å². The molecule has 0 aliphatic carbocycles. The molecule has 0 bridgehead atoms. The fourth-order valence-electron chi connectivity index (χ4n) is 2.31. The van der Waals surface area contributed by atoms with Crippen LogP contribution in [0.5, 0.6) is 0 Å². The molecule has 4 amide bonds. The Balaban J connectivity index is 2.06. The van der Waals surface area contributed by atoms with Crippen LogP contribution in [0.4, 0.5) is 10.5 Å². The standard InChI is InChI=1S/C16H11Cl2N3O3/c1-20-6-2-3-10(20)8-11-14(22)19-16(24)21(15(11)23)13-5-4-9(17)7-12(13)18/h2-8H,1H3,(H,19,22,24)/b11-8+. The van der Waals surface area contributed by atoms with Crippen molar-refractivity contribution in [2.24, 2.45) is 7.05 Å². The van der Waals surface area contributed by atoms with Crippen LogP contribution >= 0.6 is 23.2 Å². The maximum absolute atomic E-state index is 12.7. The van der Waals surface area contributed by atoms with Gasteiger partial charge in [0.15, 0.2) is 0 Å². The largest absolute Gasteiger partial charge is 0.351 e. The molecule has 2 heterocycles. The molecule has 1 aromatic heterocycles. The van der Waals surface area contributed by atoms with Crippen molar-refractivity contribution in [2.75, 3.05) is 4.90 Å². The number of carbonyl (C=O) groups is 3. The van der Waals surface area contributed by atoms with Gasteiger partial charge in [0.1, 0.15) is 5.57 Å². The predicted molar refractivity (Wildman–Crippen MR) is 90.9 cm³/mol. The number of barbiturate groups is 1. The van der Waals surface area contributed by atoms with E-state index in [-0.39, 0.29) is 16.3 Å². The number of hydrogen-bond acceptors (Lipinski definition) is 3. The maximum Gasteiger partial charge on any atom is 0.335 e. The number of amides is 4. The number of aryl methyl sites for hydroxylation is 1. The van der Waals surface area contributed by atoms with Crippen LogP contribution in [0.25, 0.3) is 6.08 Å². The van der Waals surface area contributed by atoms with E-state index in [1.165, 1.54) is 24.3 Å². The van der Waals surface area contributed by atoms with E-state index in [9.17, 15) is 14.4 Å². The quantitative estimate of drug-likeness (QED) is 0.658. The highest BCUT2D eigenvalue weighted by Gasteiger charge is 2.37. The second-order valence-corrected chi connectivity index (χ2v) is 5.94. The van der Waals surface area contributed by atoms with Crippen molar-refractivity contribution in [1.29, 1.82) is 0 Å². The van der Waals surface area contributed by atoms with Gasteiger partial charge in [-0.1, -0.05) is 23.2 Å². The van der Waals surface area contributed by atoms with E-state index in [2.05, 4.69) is 5.32 Å². The van der Waals surface area contributed by atoms with E-state index in [0.717, 1.165) is 4.90 Å². The SMILES string of the molecule is Cn1cccc1/C=C1\C(=O)NC(=O)N(c2ccc(Cl)cc2Cl)C1=O. The van der Waals surface area contributed by atoms with Gasteiger partial charge >= 0.3 is 6.03 Å². The minimum atomic E-state index is -0.863. The zero-order valence-electron chi connectivity index (χ0n) is 12.4. The van der Waals surface area contributed by atoms with Gasteiger partial charge in [0, 0.05) is 24.0 Å². The van der Waals surface area contributed by atoms with Crippen molar-refractivity contribution < 1.29 is 14.4 Å². The molecule has 0 saturated carbocycles. The minimum Gasteiger partial charge on any atom is -0.351 e. The second kappa shape index (κ2) is 6.14. The summed E-state index contributed by atoms with van der Waals surface area (Å²) >= 11 is 11.9. The molecule has 0 unspecified atom stereocenters. The van der Waals surface area contributed by atoms with Gasteiger partial charge in [-0.15, -0.1) is 0 Å². The third kappa shape index (κ3) is 2.81. The van der Waals surface area contributed by atoms with Crippen LogP contribution in [0.2, 0.25) is 10.0 Å². The molecule has 122 valence electrons. The lowest BCUT2D eigenvalue weighted by molar-refractivity contribution is -0.122. The van der Waals surface area contributed by atoms with E-state index >= 15 is 0 Å². The Morgan fingerprint density at radius 1 is 1.12 bits per heavy atom. The van der Waals surface area contributed by atoms with Crippen LogP contribution in [0.1, 0.15) is 5.69 Å². The fraction of sp³-hybridized carbons (Fsp3) is 0.0625. The second-order valence-electron chi connectivity index (χ2n) is 5.10. The van der Waals surface area contributed by atoms with Gasteiger partial charge in [-0.2, -0.15) is 0 Å². The monoisotopic (exact) mass is 363 g/mol. The first-order valence-electron chi connectivity index (χ1n) is 6.86. The first kappa shape index (κ1) is 16.3. The normalized spacial score (nSPS) is 16.7. The summed E-state index contributed by atoms with van der Waals surface area (Å²) in [4.78, 5) is 37.7. The van der Waals surface area contributed by atoms with Crippen molar-refractivity contribution in [1.82, 2.24) is 9.88 Å². The Kier molecular flexibility index (Phi) is 4.17. The van der Waals surface area contributed by atoms with Crippen molar-refractivity contribution >= 4 is 52.8 Å². The lowest BCUT2D eigenvalue weighted by Crippen LogP contribution is -2.54. The van der Waals surface area contributed by atoms with Gasteiger partial charge in [-0.3, -0.25) is 14.9 Å². The molecule has 1 aromatic carbocycles. The molecule has 1 saturated heterocycles. The highest BCUT2D eigenvalue weighted by atomic mass is 35.5. The molecule has 1 aliphatic heterocycles. The number of carbonyl (C=O) groups excluding carboxylic acids is 3. The Morgan fingerprint density at radius 2 is 1.88 bits per heavy atom. The summed E-state index contributed by atoms with van der Waals surface area (Å²) in [5, 5.41) is 2.63. The van der Waals surface area contributed by atoms with E-state index in [1.807, 2.05) is 0 Å². The van der Waals surface area contributed by atoms with Gasteiger partial charge in [0.2, 0.25) is 0 Å². The third-order valence-corrected chi connectivity index (χ3v) is 4.07. The van der Waals surface area contributed by atoms with E-state index in [4.69, 9.17) is 23.2 Å². The molecule has 0 radical (unpaired) electrons. The average Bonchev–Trinajstić information content (AvgIpc) is 2.90. The summed E-state index contributed by atoms with van der Waals surface area (Å²) in [5.41, 5.74) is 0.626. The Bertz CT molecular complexity index is 902. The molecule has 6 nitrogen and oxygen atoms in total. The average molecular weight is 364 g/mol. The lowest BCUT2D eigenvalue weighted by Gasteiger charge is -2.27. The summed E-state index contributed by atoms with van der Waals surface area (Å²) in [5.74, 6) is -1.51. The van der Waals surface area contributed by atoms with Gasteiger partial charge < -0.3 is 4.57 Å². The van der Waals surface area contributed by atoms with Crippen LogP contribution in [0, 0.1) is 0 Å². The maximum atomic E-state index is 12.7. The molecule has 24 heavy (non-hydrogen) atoms. The number of rotatable bonds is 2. The van der Waals surface area contributed by atoms with Gasteiger partial charge in [0.25, 0.3) is 11.8 Å². The van der Waals surface area contributed by atoms with E-state index in [0.29, 0.717) is 10.7 Å². The van der Waals surface area contributed by atoms with E-state index in [1.54, 1.807) is 29.9 Å². The number of halogens is 2. The number of hydrogen-bond donors (Lipinski definition) is 1. The highest BCUT2D eigenvalue weighted by Crippen LogP contribution is 2.31. The number of benzene rings is 1. The molecule has 0 spiro atoms. The summed E-state index contributed by atoms with van der Waals surface area (Å²) in [6.45, 7) is 0. The topological polar surface area (TPSA) is 71.4 Å². The first-order valence-corrected chi connectivity index (χ1v) is 7.62. The van der Waals surface area contributed by atoms with Crippen molar-refractivity contribution in [3.63, 3.8) is 0 Å². The van der Waals surface area contributed by atoms with Gasteiger partial charge in [-0.25, -0.2) is 9.69 Å². The van der Waals surface area contributed by atoms with E-state index < -0.39 is 17.8 Å². The number of anilines is 1. The van der Waals surface area contributed by atoms with Gasteiger partial charge in [0.05, 0.1) is 10.7 Å². The van der Waals surface area contributed by atoms with Crippen LogP contribution in [0.3, 0.4) is 0 Å². The van der Waals surface area contributed by atoms with Crippen LogP contribution in [-0.2, 0) is 16.6 Å². The third-order valence-electron chi connectivity index (χ3n) is 3.53. The van der Waals surface area contributed by atoms with Crippen molar-refractivity contribution in [2.45, 2.75) is 0 Å². The zero-order chi connectivity index (χ0) is 17.4. The molecule has 1 aliphatic rings. The highest BCUT2D eigenvalue weighted by molar-refractivity contribution is 6.42. The molecule has 0 atom stereocenters. The molecule has 8 heteroatoms. The summed E-state index contributed by atoms with van der Waals surface area (Å²) in [6.07, 6.45) is 3.19. The molecular formula is C16H11Cl2N3O3. The molecule has 2 aromatic rings. The minimum absolute atomic E-state index is 0.124. The zero-order valence-corrected chi connectivity index (χ0v) is 13.9. The number of urea groups is 1. The first-order chi connectivity index (χ1) is 11.4. The Labute approximate surface area is 147 Å². The number of nitrogens with one attached hydrogen (secondary N) is 1. The molecule has 1 N–H and O–H groups in total. The number of aromatic nitrogens is 1. The van der Waals surface area contributed by atoms with Crippen LogP contribution < -0.4 is 10.2 Å². The summed E-state index contributed by atoms with van der Waals surface area (Å²) in [7, 11) is 1.77. The lowest BCUT2D eigenvalue weighted by atomic mass is 10.1. The van der Waals surface area contributed by atoms with Crippen molar-refractivity contribution in [3.8, 4) is 0 Å². The number of nitrogens with zero attached hydrogens (tertiary/aromatic N) is 2. The smallest absolute Gasteiger partial charge is 0.335 e. The molecule has 1 fully saturated rings. The van der Waals surface area contributed by atoms with Crippen molar-refractivity contribution in [3.05, 3.63) is 57.8 Å². The molecular weight excluding hydrogens is 353 g/mol. The Morgan fingerprint density at radius 3 is 2.50 bits per heavy atom. The number of imide groups is 2. The fourth-order valence-corrected chi connectivity index (χ4v) is 2.80.